The van der Waals surface area contributed by atoms with E-state index in [2.05, 4.69) is 20.5 Å². The highest BCUT2D eigenvalue weighted by Gasteiger charge is 2.22. The summed E-state index contributed by atoms with van der Waals surface area (Å²) < 4.78 is 27.8. The summed E-state index contributed by atoms with van der Waals surface area (Å²) in [6.07, 6.45) is 3.40. The van der Waals surface area contributed by atoms with Crippen LogP contribution in [0.25, 0.3) is 0 Å². The average Bonchev–Trinajstić information content (AvgIpc) is 3.01. The highest BCUT2D eigenvalue weighted by Crippen LogP contribution is 2.19. The first-order valence-corrected chi connectivity index (χ1v) is 9.26. The zero-order valence-corrected chi connectivity index (χ0v) is 16.7. The van der Waals surface area contributed by atoms with Crippen LogP contribution in [0.5, 0.6) is 0 Å². The van der Waals surface area contributed by atoms with E-state index < -0.39 is 16.1 Å². The monoisotopic (exact) mass is 401 g/mol. The Balaban J connectivity index is 0.00000338. The molecule has 26 heavy (non-hydrogen) atoms. The van der Waals surface area contributed by atoms with Gasteiger partial charge >= 0.3 is 0 Å². The highest BCUT2D eigenvalue weighted by atomic mass is 35.5. The van der Waals surface area contributed by atoms with Crippen molar-refractivity contribution in [2.24, 2.45) is 7.05 Å². The number of hydrogen-bond donors (Lipinski definition) is 3. The molecule has 0 spiro atoms. The Labute approximate surface area is 159 Å². The van der Waals surface area contributed by atoms with Gasteiger partial charge in [-0.1, -0.05) is 12.1 Å². The molecule has 2 atom stereocenters. The molecule has 10 heteroatoms. The summed E-state index contributed by atoms with van der Waals surface area (Å²) in [4.78, 5) is 12.7. The zero-order valence-electron chi connectivity index (χ0n) is 15.1. The van der Waals surface area contributed by atoms with Crippen molar-refractivity contribution in [3.8, 4) is 0 Å². The number of nitrogens with zero attached hydrogens (tertiary/aromatic N) is 2. The third-order valence-electron chi connectivity index (χ3n) is 3.90. The highest BCUT2D eigenvalue weighted by molar-refractivity contribution is 7.89. The molecule has 1 aromatic heterocycles. The van der Waals surface area contributed by atoms with Gasteiger partial charge in [-0.25, -0.2) is 13.1 Å². The van der Waals surface area contributed by atoms with E-state index in [-0.39, 0.29) is 29.3 Å². The van der Waals surface area contributed by atoms with Crippen LogP contribution in [0.15, 0.2) is 41.6 Å². The van der Waals surface area contributed by atoms with Gasteiger partial charge in [0.05, 0.1) is 17.1 Å². The summed E-state index contributed by atoms with van der Waals surface area (Å²) >= 11 is 0. The lowest BCUT2D eigenvalue weighted by molar-refractivity contribution is -0.123. The molecule has 2 aromatic rings. The predicted molar refractivity (Wildman–Crippen MR) is 102 cm³/mol. The van der Waals surface area contributed by atoms with Gasteiger partial charge in [-0.05, 0) is 38.7 Å². The van der Waals surface area contributed by atoms with E-state index >= 15 is 0 Å². The molecule has 144 valence electrons. The van der Waals surface area contributed by atoms with Crippen molar-refractivity contribution in [3.63, 3.8) is 0 Å². The normalized spacial score (nSPS) is 13.5. The van der Waals surface area contributed by atoms with E-state index in [1.165, 1.54) is 13.1 Å². The summed E-state index contributed by atoms with van der Waals surface area (Å²) in [5.41, 5.74) is 1.45. The van der Waals surface area contributed by atoms with Crippen molar-refractivity contribution in [1.82, 2.24) is 25.1 Å². The first-order valence-electron chi connectivity index (χ1n) is 7.78. The van der Waals surface area contributed by atoms with Gasteiger partial charge in [0.15, 0.2) is 0 Å². The number of sulfonamides is 1. The van der Waals surface area contributed by atoms with Crippen LogP contribution in [0.2, 0.25) is 0 Å². The molecule has 0 saturated carbocycles. The molecular formula is C16H24ClN5O3S. The topological polar surface area (TPSA) is 105 Å². The van der Waals surface area contributed by atoms with Crippen LogP contribution >= 0.6 is 12.4 Å². The zero-order chi connectivity index (χ0) is 18.6. The molecule has 1 aromatic carbocycles. The summed E-state index contributed by atoms with van der Waals surface area (Å²) in [7, 11) is 1.31. The quantitative estimate of drug-likeness (QED) is 0.639. The van der Waals surface area contributed by atoms with Gasteiger partial charge in [-0.3, -0.25) is 9.48 Å². The minimum absolute atomic E-state index is 0. The lowest BCUT2D eigenvalue weighted by atomic mass is 10.1. The van der Waals surface area contributed by atoms with Crippen molar-refractivity contribution in [1.29, 1.82) is 0 Å². The first-order chi connectivity index (χ1) is 11.8. The molecule has 0 saturated heterocycles. The number of hydrogen-bond acceptors (Lipinski definition) is 5. The van der Waals surface area contributed by atoms with E-state index in [0.29, 0.717) is 5.56 Å². The Bertz CT molecular complexity index is 853. The number of benzene rings is 1. The van der Waals surface area contributed by atoms with Gasteiger partial charge in [-0.2, -0.15) is 5.10 Å². The van der Waals surface area contributed by atoms with E-state index in [9.17, 15) is 13.2 Å². The van der Waals surface area contributed by atoms with E-state index in [1.54, 1.807) is 56.3 Å². The van der Waals surface area contributed by atoms with E-state index in [1.807, 2.05) is 0 Å². The fraction of sp³-hybridized carbons (Fsp3) is 0.375. The molecular weight excluding hydrogens is 378 g/mol. The SMILES string of the molecule is CNC(C(=O)NC(C)c1cccc(S(=O)(=O)NC)c1)c1cnn(C)c1.Cl. The Morgan fingerprint density at radius 2 is 1.92 bits per heavy atom. The molecule has 0 bridgehead atoms. The molecule has 0 aliphatic carbocycles. The fourth-order valence-electron chi connectivity index (χ4n) is 2.49. The van der Waals surface area contributed by atoms with E-state index in [0.717, 1.165) is 5.56 Å². The van der Waals surface area contributed by atoms with Crippen molar-refractivity contribution >= 4 is 28.3 Å². The Hall–Kier alpha value is -1.94. The maximum Gasteiger partial charge on any atom is 0.242 e. The number of aromatic nitrogens is 2. The van der Waals surface area contributed by atoms with Crippen molar-refractivity contribution < 1.29 is 13.2 Å². The van der Waals surface area contributed by atoms with Gasteiger partial charge in [0.25, 0.3) is 0 Å². The predicted octanol–water partition coefficient (Wildman–Crippen LogP) is 0.888. The third kappa shape index (κ3) is 5.04. The number of rotatable bonds is 7. The maximum absolute atomic E-state index is 12.6. The second kappa shape index (κ2) is 9.13. The van der Waals surface area contributed by atoms with E-state index in [4.69, 9.17) is 0 Å². The first kappa shape index (κ1) is 22.1. The van der Waals surface area contributed by atoms with Crippen LogP contribution in [-0.2, 0) is 21.9 Å². The molecule has 0 radical (unpaired) electrons. The Morgan fingerprint density at radius 3 is 2.46 bits per heavy atom. The molecule has 2 rings (SSSR count). The van der Waals surface area contributed by atoms with Crippen LogP contribution in [0.4, 0.5) is 0 Å². The largest absolute Gasteiger partial charge is 0.348 e. The van der Waals surface area contributed by atoms with Crippen LogP contribution in [0.1, 0.15) is 30.1 Å². The molecule has 0 aliphatic rings. The number of aryl methyl sites for hydroxylation is 1. The summed E-state index contributed by atoms with van der Waals surface area (Å²) in [5, 5.41) is 9.94. The number of likely N-dealkylation sites (N-methyl/N-ethyl adjacent to an activating group) is 1. The van der Waals surface area contributed by atoms with Crippen LogP contribution in [0.3, 0.4) is 0 Å². The standard InChI is InChI=1S/C16H23N5O3S.ClH/c1-11(12-6-5-7-14(8-12)25(23,24)18-3)20-16(22)15(17-2)13-9-19-21(4)10-13;/h5-11,15,17-18H,1-4H3,(H,20,22);1H. The minimum atomic E-state index is -3.53. The van der Waals surface area contributed by atoms with Gasteiger partial charge < -0.3 is 10.6 Å². The second-order valence-electron chi connectivity index (χ2n) is 5.68. The van der Waals surface area contributed by atoms with Crippen LogP contribution in [0, 0.1) is 0 Å². The number of amides is 1. The summed E-state index contributed by atoms with van der Waals surface area (Å²) in [6.45, 7) is 1.80. The lowest BCUT2D eigenvalue weighted by Crippen LogP contribution is -2.37. The minimum Gasteiger partial charge on any atom is -0.348 e. The van der Waals surface area contributed by atoms with Gasteiger partial charge in [0, 0.05) is 18.8 Å². The van der Waals surface area contributed by atoms with Crippen LogP contribution < -0.4 is 15.4 Å². The summed E-state index contributed by atoms with van der Waals surface area (Å²) in [5.74, 6) is -0.218. The molecule has 1 amide bonds. The van der Waals surface area contributed by atoms with Gasteiger partial charge in [0.2, 0.25) is 15.9 Å². The maximum atomic E-state index is 12.6. The number of halogens is 1. The number of carbonyl (C=O) groups is 1. The fourth-order valence-corrected chi connectivity index (χ4v) is 3.27. The lowest BCUT2D eigenvalue weighted by Gasteiger charge is -2.20. The number of carbonyl (C=O) groups excluding carboxylic acids is 1. The molecule has 0 fully saturated rings. The molecule has 0 aliphatic heterocycles. The average molecular weight is 402 g/mol. The van der Waals surface area contributed by atoms with Crippen molar-refractivity contribution in [3.05, 3.63) is 47.8 Å². The van der Waals surface area contributed by atoms with Crippen molar-refractivity contribution in [2.75, 3.05) is 14.1 Å². The Kier molecular flexibility index (Phi) is 7.76. The molecule has 2 unspecified atom stereocenters. The second-order valence-corrected chi connectivity index (χ2v) is 7.57. The van der Waals surface area contributed by atoms with Crippen LogP contribution in [-0.4, -0.2) is 38.2 Å². The summed E-state index contributed by atoms with van der Waals surface area (Å²) in [6, 6.07) is 5.59. The Morgan fingerprint density at radius 1 is 1.23 bits per heavy atom. The molecule has 3 N–H and O–H groups in total. The molecule has 1 heterocycles. The third-order valence-corrected chi connectivity index (χ3v) is 5.32. The van der Waals surface area contributed by atoms with Crippen molar-refractivity contribution in [2.45, 2.75) is 23.9 Å². The molecule has 8 nitrogen and oxygen atoms in total. The number of nitrogens with one attached hydrogen (secondary N) is 3. The smallest absolute Gasteiger partial charge is 0.242 e. The van der Waals surface area contributed by atoms with Gasteiger partial charge in [0.1, 0.15) is 6.04 Å². The van der Waals surface area contributed by atoms with Gasteiger partial charge in [-0.15, -0.1) is 12.4 Å².